The third-order valence-corrected chi connectivity index (χ3v) is 7.81. The minimum absolute atomic E-state index is 0.882. The molecule has 0 aliphatic heterocycles. The van der Waals surface area contributed by atoms with Gasteiger partial charge in [-0.3, -0.25) is 0 Å². The summed E-state index contributed by atoms with van der Waals surface area (Å²) >= 11 is 0. The smallest absolute Gasteiger partial charge is 0.159 e. The molecule has 0 aliphatic carbocycles. The van der Waals surface area contributed by atoms with Crippen LogP contribution < -0.4 is 4.90 Å². The van der Waals surface area contributed by atoms with Crippen LogP contribution in [0.4, 0.5) is 17.1 Å². The monoisotopic (exact) mass is 511 g/mol. The summed E-state index contributed by atoms with van der Waals surface area (Å²) in [6, 6.07) is 53.7. The number of furan rings is 1. The lowest BCUT2D eigenvalue weighted by Gasteiger charge is -2.26. The number of anilines is 3. The van der Waals surface area contributed by atoms with Crippen LogP contribution in [0.5, 0.6) is 0 Å². The van der Waals surface area contributed by atoms with Gasteiger partial charge in [0, 0.05) is 22.1 Å². The SMILES string of the molecule is c1ccc(-c2cccc(N(c3ccc4ccccc4c3)c3cccc4c3oc3ccc5ccccc5c34)c2)cc1. The number of hydrogen-bond donors (Lipinski definition) is 0. The fourth-order valence-electron chi connectivity index (χ4n) is 5.93. The van der Waals surface area contributed by atoms with E-state index in [0.717, 1.165) is 39.0 Å². The lowest BCUT2D eigenvalue weighted by Crippen LogP contribution is -2.10. The van der Waals surface area contributed by atoms with Crippen molar-refractivity contribution in [2.45, 2.75) is 0 Å². The van der Waals surface area contributed by atoms with Crippen LogP contribution in [-0.2, 0) is 0 Å². The summed E-state index contributed by atoms with van der Waals surface area (Å²) in [5, 5.41) is 7.12. The summed E-state index contributed by atoms with van der Waals surface area (Å²) in [6.45, 7) is 0. The van der Waals surface area contributed by atoms with E-state index < -0.39 is 0 Å². The van der Waals surface area contributed by atoms with Gasteiger partial charge in [-0.15, -0.1) is 0 Å². The minimum atomic E-state index is 0.882. The zero-order valence-corrected chi connectivity index (χ0v) is 21.8. The van der Waals surface area contributed by atoms with E-state index in [4.69, 9.17) is 4.42 Å². The van der Waals surface area contributed by atoms with Crippen molar-refractivity contribution >= 4 is 60.5 Å². The third-order valence-electron chi connectivity index (χ3n) is 7.81. The number of hydrogen-bond acceptors (Lipinski definition) is 2. The van der Waals surface area contributed by atoms with E-state index in [0.29, 0.717) is 0 Å². The Balaban J connectivity index is 1.41. The van der Waals surface area contributed by atoms with Gasteiger partial charge in [0.1, 0.15) is 5.58 Å². The van der Waals surface area contributed by atoms with Crippen LogP contribution in [0, 0.1) is 0 Å². The Morgan fingerprint density at radius 1 is 0.425 bits per heavy atom. The van der Waals surface area contributed by atoms with Crippen molar-refractivity contribution in [2.24, 2.45) is 0 Å². The van der Waals surface area contributed by atoms with Crippen LogP contribution in [0.1, 0.15) is 0 Å². The molecule has 7 aromatic carbocycles. The minimum Gasteiger partial charge on any atom is -0.454 e. The lowest BCUT2D eigenvalue weighted by molar-refractivity contribution is 0.669. The maximum absolute atomic E-state index is 6.68. The Morgan fingerprint density at radius 2 is 1.10 bits per heavy atom. The topological polar surface area (TPSA) is 16.4 Å². The molecule has 0 unspecified atom stereocenters. The van der Waals surface area contributed by atoms with Crippen molar-refractivity contribution in [3.63, 3.8) is 0 Å². The molecule has 0 aliphatic rings. The molecule has 0 saturated heterocycles. The Kier molecular flexibility index (Phi) is 5.17. The number of fused-ring (bicyclic) bond motifs is 6. The Morgan fingerprint density at radius 3 is 2.00 bits per heavy atom. The molecule has 0 bridgehead atoms. The van der Waals surface area contributed by atoms with Gasteiger partial charge in [-0.25, -0.2) is 0 Å². The summed E-state index contributed by atoms with van der Waals surface area (Å²) in [4.78, 5) is 2.33. The van der Waals surface area contributed by atoms with Crippen molar-refractivity contribution in [3.8, 4) is 11.1 Å². The van der Waals surface area contributed by atoms with Crippen LogP contribution in [0.3, 0.4) is 0 Å². The van der Waals surface area contributed by atoms with Crippen LogP contribution in [0.15, 0.2) is 156 Å². The Bertz CT molecular complexity index is 2170. The van der Waals surface area contributed by atoms with E-state index in [1.807, 2.05) is 0 Å². The highest BCUT2D eigenvalue weighted by Crippen LogP contribution is 2.44. The Hall–Kier alpha value is -5.34. The molecule has 0 N–H and O–H groups in total. The predicted molar refractivity (Wildman–Crippen MR) is 169 cm³/mol. The maximum atomic E-state index is 6.68. The summed E-state index contributed by atoms with van der Waals surface area (Å²) in [7, 11) is 0. The molecule has 8 aromatic rings. The number of benzene rings is 7. The third kappa shape index (κ3) is 3.65. The highest BCUT2D eigenvalue weighted by atomic mass is 16.3. The van der Waals surface area contributed by atoms with E-state index in [9.17, 15) is 0 Å². The molecular formula is C38H25NO. The molecule has 188 valence electrons. The molecule has 1 aromatic heterocycles. The van der Waals surface area contributed by atoms with Gasteiger partial charge in [0.15, 0.2) is 5.58 Å². The van der Waals surface area contributed by atoms with Gasteiger partial charge in [-0.2, -0.15) is 0 Å². The average molecular weight is 512 g/mol. The summed E-state index contributed by atoms with van der Waals surface area (Å²) in [5.41, 5.74) is 7.32. The van der Waals surface area contributed by atoms with Gasteiger partial charge >= 0.3 is 0 Å². The van der Waals surface area contributed by atoms with Crippen molar-refractivity contribution in [1.29, 1.82) is 0 Å². The molecule has 0 amide bonds. The van der Waals surface area contributed by atoms with Gasteiger partial charge in [0.05, 0.1) is 5.69 Å². The van der Waals surface area contributed by atoms with E-state index in [2.05, 4.69) is 157 Å². The van der Waals surface area contributed by atoms with Crippen LogP contribution in [-0.4, -0.2) is 0 Å². The van der Waals surface area contributed by atoms with Gasteiger partial charge in [-0.1, -0.05) is 115 Å². The highest BCUT2D eigenvalue weighted by Gasteiger charge is 2.20. The van der Waals surface area contributed by atoms with Gasteiger partial charge in [0.2, 0.25) is 0 Å². The molecule has 0 atom stereocenters. The van der Waals surface area contributed by atoms with Gasteiger partial charge < -0.3 is 9.32 Å². The standard InChI is InChI=1S/C38H25NO/c1-2-10-26(11-3-1)30-15-8-16-31(24-30)39(32-22-20-27-12-4-5-14-29(27)25-32)35-19-9-18-34-37-33-17-7-6-13-28(33)21-23-36(37)40-38(34)35/h1-25H. The summed E-state index contributed by atoms with van der Waals surface area (Å²) in [6.07, 6.45) is 0. The largest absolute Gasteiger partial charge is 0.454 e. The summed E-state index contributed by atoms with van der Waals surface area (Å²) < 4.78 is 6.68. The zero-order chi connectivity index (χ0) is 26.5. The molecule has 2 nitrogen and oxygen atoms in total. The second kappa shape index (κ2) is 9.14. The van der Waals surface area contributed by atoms with Crippen molar-refractivity contribution < 1.29 is 4.42 Å². The highest BCUT2D eigenvalue weighted by molar-refractivity contribution is 6.21. The quantitative estimate of drug-likeness (QED) is 0.234. The molecule has 0 saturated carbocycles. The van der Waals surface area contributed by atoms with Crippen LogP contribution in [0.2, 0.25) is 0 Å². The molecule has 0 radical (unpaired) electrons. The summed E-state index contributed by atoms with van der Waals surface area (Å²) in [5.74, 6) is 0. The first kappa shape index (κ1) is 22.6. The van der Waals surface area contributed by atoms with Crippen LogP contribution >= 0.6 is 0 Å². The molecule has 2 heteroatoms. The van der Waals surface area contributed by atoms with E-state index in [1.54, 1.807) is 0 Å². The zero-order valence-electron chi connectivity index (χ0n) is 21.8. The van der Waals surface area contributed by atoms with Gasteiger partial charge in [0.25, 0.3) is 0 Å². The van der Waals surface area contributed by atoms with Crippen molar-refractivity contribution in [3.05, 3.63) is 152 Å². The molecule has 8 rings (SSSR count). The first-order valence-corrected chi connectivity index (χ1v) is 13.6. The first-order chi connectivity index (χ1) is 19.8. The van der Waals surface area contributed by atoms with Gasteiger partial charge in [-0.05, 0) is 69.1 Å². The normalized spacial score (nSPS) is 11.5. The van der Waals surface area contributed by atoms with E-state index in [1.165, 1.54) is 32.7 Å². The van der Waals surface area contributed by atoms with Crippen molar-refractivity contribution in [1.82, 2.24) is 0 Å². The number of para-hydroxylation sites is 1. The Labute approximate surface area is 232 Å². The molecule has 0 spiro atoms. The lowest BCUT2D eigenvalue weighted by atomic mass is 10.0. The second-order valence-electron chi connectivity index (χ2n) is 10.2. The predicted octanol–water partition coefficient (Wildman–Crippen LogP) is 11.0. The van der Waals surface area contributed by atoms with Crippen LogP contribution in [0.25, 0.3) is 54.6 Å². The fourth-order valence-corrected chi connectivity index (χ4v) is 5.93. The average Bonchev–Trinajstić information content (AvgIpc) is 3.42. The molecular weight excluding hydrogens is 486 g/mol. The molecule has 0 fully saturated rings. The fraction of sp³-hybridized carbons (Fsp3) is 0. The van der Waals surface area contributed by atoms with Crippen molar-refractivity contribution in [2.75, 3.05) is 4.90 Å². The molecule has 40 heavy (non-hydrogen) atoms. The number of nitrogens with zero attached hydrogens (tertiary/aromatic N) is 1. The van der Waals surface area contributed by atoms with E-state index in [-0.39, 0.29) is 0 Å². The maximum Gasteiger partial charge on any atom is 0.159 e. The first-order valence-electron chi connectivity index (χ1n) is 13.6. The van der Waals surface area contributed by atoms with E-state index >= 15 is 0 Å². The molecule has 1 heterocycles. The number of rotatable bonds is 4. The second-order valence-corrected chi connectivity index (χ2v) is 10.2.